The predicted molar refractivity (Wildman–Crippen MR) is 69.1 cm³/mol. The first-order valence-electron chi connectivity index (χ1n) is 6.85. The van der Waals surface area contributed by atoms with E-state index in [1.54, 1.807) is 0 Å². The number of amides is 2. The Bertz CT molecular complexity index is 600. The lowest BCUT2D eigenvalue weighted by Gasteiger charge is -2.22. The number of urea groups is 1. The van der Waals surface area contributed by atoms with E-state index in [-0.39, 0.29) is 19.5 Å². The van der Waals surface area contributed by atoms with E-state index in [0.717, 1.165) is 30.2 Å². The van der Waals surface area contributed by atoms with Crippen LogP contribution >= 0.6 is 11.5 Å². The fourth-order valence-corrected chi connectivity index (χ4v) is 3.68. The van der Waals surface area contributed by atoms with Gasteiger partial charge in [0.05, 0.1) is 5.41 Å². The average molecular weight is 318 g/mol. The maximum atomic E-state index is 13.0. The van der Waals surface area contributed by atoms with E-state index < -0.39 is 23.5 Å². The first-order valence-corrected chi connectivity index (χ1v) is 7.63. The molecule has 2 heterocycles. The molecule has 0 aromatic carbocycles. The van der Waals surface area contributed by atoms with Gasteiger partial charge in [-0.2, -0.15) is 17.5 Å². The molecule has 2 saturated carbocycles. The van der Waals surface area contributed by atoms with Crippen LogP contribution in [0.15, 0.2) is 0 Å². The molecule has 1 aromatic rings. The Hall–Kier alpha value is -1.38. The second-order valence-electron chi connectivity index (χ2n) is 6.10. The van der Waals surface area contributed by atoms with Gasteiger partial charge in [0.2, 0.25) is 5.13 Å². The summed E-state index contributed by atoms with van der Waals surface area (Å²) in [6.45, 7) is -0.0824. The third-order valence-electron chi connectivity index (χ3n) is 4.60. The van der Waals surface area contributed by atoms with Crippen molar-refractivity contribution in [1.82, 2.24) is 14.3 Å². The third kappa shape index (κ3) is 2.09. The Labute approximate surface area is 122 Å². The molecule has 4 rings (SSSR count). The van der Waals surface area contributed by atoms with Crippen LogP contribution in [0.25, 0.3) is 0 Å². The van der Waals surface area contributed by atoms with Gasteiger partial charge in [0.1, 0.15) is 5.82 Å². The highest BCUT2D eigenvalue weighted by atomic mass is 32.1. The Morgan fingerprint density at radius 3 is 2.81 bits per heavy atom. The van der Waals surface area contributed by atoms with Crippen molar-refractivity contribution in [3.05, 3.63) is 5.82 Å². The van der Waals surface area contributed by atoms with Gasteiger partial charge >= 0.3 is 12.2 Å². The SMILES string of the molecule is O=C(Nc1nc(C2CC2)ns1)N1CC2CC2(C(F)(F)F)C1. The van der Waals surface area contributed by atoms with Crippen molar-refractivity contribution in [2.45, 2.75) is 31.4 Å². The van der Waals surface area contributed by atoms with E-state index >= 15 is 0 Å². The van der Waals surface area contributed by atoms with E-state index in [0.29, 0.717) is 11.0 Å². The lowest BCUT2D eigenvalue weighted by molar-refractivity contribution is -0.187. The summed E-state index contributed by atoms with van der Waals surface area (Å²) in [4.78, 5) is 17.5. The molecule has 3 fully saturated rings. The number of anilines is 1. The van der Waals surface area contributed by atoms with E-state index in [4.69, 9.17) is 0 Å². The molecular formula is C12H13F3N4OS. The van der Waals surface area contributed by atoms with Crippen LogP contribution in [0, 0.1) is 11.3 Å². The first kappa shape index (κ1) is 13.3. The highest BCUT2D eigenvalue weighted by Crippen LogP contribution is 2.66. The van der Waals surface area contributed by atoms with Crippen LogP contribution in [0.5, 0.6) is 0 Å². The van der Waals surface area contributed by atoms with Crippen LogP contribution in [0.1, 0.15) is 31.0 Å². The van der Waals surface area contributed by atoms with Gasteiger partial charge in [-0.3, -0.25) is 5.32 Å². The highest BCUT2D eigenvalue weighted by Gasteiger charge is 2.74. The quantitative estimate of drug-likeness (QED) is 0.912. The van der Waals surface area contributed by atoms with E-state index in [9.17, 15) is 18.0 Å². The monoisotopic (exact) mass is 318 g/mol. The number of fused-ring (bicyclic) bond motifs is 1. The molecule has 2 aliphatic carbocycles. The van der Waals surface area contributed by atoms with Crippen LogP contribution in [0.4, 0.5) is 23.1 Å². The van der Waals surface area contributed by atoms with Crippen molar-refractivity contribution < 1.29 is 18.0 Å². The number of hydrogen-bond donors (Lipinski definition) is 1. The molecule has 9 heteroatoms. The van der Waals surface area contributed by atoms with Crippen LogP contribution < -0.4 is 5.32 Å². The smallest absolute Gasteiger partial charge is 0.323 e. The van der Waals surface area contributed by atoms with Gasteiger partial charge in [0.15, 0.2) is 0 Å². The highest BCUT2D eigenvalue weighted by molar-refractivity contribution is 7.09. The predicted octanol–water partition coefficient (Wildman–Crippen LogP) is 2.83. The van der Waals surface area contributed by atoms with E-state index in [1.165, 1.54) is 4.90 Å². The molecule has 0 spiro atoms. The maximum Gasteiger partial charge on any atom is 0.396 e. The topological polar surface area (TPSA) is 58.1 Å². The molecule has 2 amide bonds. The molecule has 2 unspecified atom stereocenters. The molecule has 1 aliphatic heterocycles. The zero-order valence-electron chi connectivity index (χ0n) is 11.0. The molecule has 3 aliphatic rings. The number of alkyl halides is 3. The second kappa shape index (κ2) is 4.08. The normalized spacial score (nSPS) is 31.2. The molecule has 5 nitrogen and oxygen atoms in total. The van der Waals surface area contributed by atoms with Gasteiger partial charge in [-0.05, 0) is 25.2 Å². The van der Waals surface area contributed by atoms with E-state index in [1.807, 2.05) is 0 Å². The van der Waals surface area contributed by atoms with Crippen molar-refractivity contribution >= 4 is 22.7 Å². The van der Waals surface area contributed by atoms with Crippen LogP contribution in [-0.4, -0.2) is 39.6 Å². The number of aromatic nitrogens is 2. The Balaban J connectivity index is 1.40. The van der Waals surface area contributed by atoms with Gasteiger partial charge in [-0.25, -0.2) is 9.78 Å². The summed E-state index contributed by atoms with van der Waals surface area (Å²) >= 11 is 1.08. The van der Waals surface area contributed by atoms with Crippen molar-refractivity contribution in [3.8, 4) is 0 Å². The van der Waals surface area contributed by atoms with Crippen LogP contribution in [0.2, 0.25) is 0 Å². The maximum absolute atomic E-state index is 13.0. The van der Waals surface area contributed by atoms with Crippen molar-refractivity contribution in [3.63, 3.8) is 0 Å². The molecule has 0 bridgehead atoms. The summed E-state index contributed by atoms with van der Waals surface area (Å²) in [6, 6.07) is -0.510. The number of likely N-dealkylation sites (tertiary alicyclic amines) is 1. The number of carbonyl (C=O) groups is 1. The standard InChI is InChI=1S/C12H13F3N4OS/c13-12(14,15)11-3-7(11)4-19(5-11)10(20)17-9-16-8(18-21-9)6-1-2-6/h6-7H,1-5H2,(H,16,17,18,20). The van der Waals surface area contributed by atoms with Crippen molar-refractivity contribution in [1.29, 1.82) is 0 Å². The van der Waals surface area contributed by atoms with Gasteiger partial charge in [-0.15, -0.1) is 0 Å². The van der Waals surface area contributed by atoms with E-state index in [2.05, 4.69) is 14.7 Å². The molecule has 1 N–H and O–H groups in total. The summed E-state index contributed by atoms with van der Waals surface area (Å²) in [6.07, 6.45) is -1.96. The molecule has 0 radical (unpaired) electrons. The Morgan fingerprint density at radius 2 is 2.19 bits per heavy atom. The number of rotatable bonds is 2. The summed E-state index contributed by atoms with van der Waals surface area (Å²) in [5, 5.41) is 2.93. The minimum Gasteiger partial charge on any atom is -0.323 e. The number of carbonyl (C=O) groups excluding carboxylic acids is 1. The first-order chi connectivity index (χ1) is 9.89. The molecule has 2 atom stereocenters. The second-order valence-corrected chi connectivity index (χ2v) is 6.85. The number of halogens is 3. The average Bonchev–Trinajstić information content (AvgIpc) is 3.30. The van der Waals surface area contributed by atoms with Crippen molar-refractivity contribution in [2.24, 2.45) is 11.3 Å². The third-order valence-corrected chi connectivity index (χ3v) is 5.24. The van der Waals surface area contributed by atoms with Gasteiger partial charge in [0.25, 0.3) is 0 Å². The molecular weight excluding hydrogens is 305 g/mol. The molecule has 21 heavy (non-hydrogen) atoms. The van der Waals surface area contributed by atoms with Gasteiger partial charge in [0, 0.05) is 30.5 Å². The summed E-state index contributed by atoms with van der Waals surface area (Å²) in [5.41, 5.74) is -1.66. The fraction of sp³-hybridized carbons (Fsp3) is 0.750. The molecule has 114 valence electrons. The minimum atomic E-state index is -4.23. The van der Waals surface area contributed by atoms with Crippen LogP contribution in [0.3, 0.4) is 0 Å². The fourth-order valence-electron chi connectivity index (χ4n) is 3.04. The zero-order chi connectivity index (χ0) is 14.8. The minimum absolute atomic E-state index is 0.144. The van der Waals surface area contributed by atoms with Crippen LogP contribution in [-0.2, 0) is 0 Å². The Kier molecular flexibility index (Phi) is 2.59. The number of nitrogens with one attached hydrogen (secondary N) is 1. The molecule has 1 aromatic heterocycles. The summed E-state index contributed by atoms with van der Waals surface area (Å²) in [5.74, 6) is 0.672. The number of piperidine rings is 1. The summed E-state index contributed by atoms with van der Waals surface area (Å²) in [7, 11) is 0. The van der Waals surface area contributed by atoms with Gasteiger partial charge in [-0.1, -0.05) is 0 Å². The lowest BCUT2D eigenvalue weighted by Crippen LogP contribution is -2.38. The van der Waals surface area contributed by atoms with Gasteiger partial charge < -0.3 is 4.90 Å². The van der Waals surface area contributed by atoms with Crippen molar-refractivity contribution in [2.75, 3.05) is 18.4 Å². The zero-order valence-corrected chi connectivity index (χ0v) is 11.8. The summed E-state index contributed by atoms with van der Waals surface area (Å²) < 4.78 is 43.1. The number of hydrogen-bond acceptors (Lipinski definition) is 4. The number of nitrogens with zero attached hydrogens (tertiary/aromatic N) is 3. The largest absolute Gasteiger partial charge is 0.396 e. The lowest BCUT2D eigenvalue weighted by atomic mass is 10.1. The Morgan fingerprint density at radius 1 is 1.43 bits per heavy atom. The molecule has 1 saturated heterocycles.